The van der Waals surface area contributed by atoms with Crippen LogP contribution in [0.15, 0.2) is 186 Å². The zero-order valence-corrected chi connectivity index (χ0v) is 29.5. The Morgan fingerprint density at radius 3 is 1.80 bits per heavy atom. The largest absolute Gasteiger partial charge is 0.457 e. The van der Waals surface area contributed by atoms with E-state index in [9.17, 15) is 0 Å². The predicted molar refractivity (Wildman–Crippen MR) is 211 cm³/mol. The molecule has 0 aliphatic carbocycles. The Hall–Kier alpha value is -6.83. The van der Waals surface area contributed by atoms with Crippen LogP contribution in [0.3, 0.4) is 0 Å². The van der Waals surface area contributed by atoms with Gasteiger partial charge in [0.15, 0.2) is 5.82 Å². The van der Waals surface area contributed by atoms with Crippen molar-refractivity contribution in [1.82, 2.24) is 14.5 Å². The van der Waals surface area contributed by atoms with E-state index < -0.39 is 15.3 Å². The maximum atomic E-state index is 15.1. The summed E-state index contributed by atoms with van der Waals surface area (Å²) in [6.45, 7) is 0. The second kappa shape index (κ2) is 11.3. The molecule has 9 aromatic rings. The highest BCUT2D eigenvalue weighted by molar-refractivity contribution is 7.91. The van der Waals surface area contributed by atoms with Crippen LogP contribution in [0.5, 0.6) is 11.5 Å². The molecule has 0 fully saturated rings. The summed E-state index contributed by atoms with van der Waals surface area (Å²) in [5.41, 5.74) is 6.45. The van der Waals surface area contributed by atoms with Crippen LogP contribution in [0.2, 0.25) is 0 Å². The van der Waals surface area contributed by atoms with E-state index in [4.69, 9.17) is 14.7 Å². The molecule has 0 unspecified atom stereocenters. The zero-order chi connectivity index (χ0) is 36.0. The molecule has 54 heavy (non-hydrogen) atoms. The van der Waals surface area contributed by atoms with Crippen LogP contribution < -0.4 is 4.74 Å². The molecule has 0 radical (unpaired) electrons. The van der Waals surface area contributed by atoms with Crippen LogP contribution in [0.1, 0.15) is 22.3 Å². The number of para-hydroxylation sites is 3. The first-order valence-corrected chi connectivity index (χ1v) is 19.3. The topological polar surface area (TPSA) is 74.1 Å². The van der Waals surface area contributed by atoms with Gasteiger partial charge in [-0.2, -0.15) is 0 Å². The van der Waals surface area contributed by atoms with Crippen molar-refractivity contribution in [3.05, 3.63) is 198 Å². The van der Waals surface area contributed by atoms with Gasteiger partial charge in [-0.1, -0.05) is 133 Å². The summed E-state index contributed by atoms with van der Waals surface area (Å²) in [6.07, 6.45) is 0. The van der Waals surface area contributed by atoms with Crippen molar-refractivity contribution < 1.29 is 13.2 Å². The third-order valence-electron chi connectivity index (χ3n) is 10.9. The van der Waals surface area contributed by atoms with Gasteiger partial charge >= 0.3 is 0 Å². The smallest absolute Gasteiger partial charge is 0.207 e. The van der Waals surface area contributed by atoms with E-state index in [1.807, 2.05) is 133 Å². The minimum absolute atomic E-state index is 0.255. The summed E-state index contributed by atoms with van der Waals surface area (Å²) in [4.78, 5) is 10.8. The van der Waals surface area contributed by atoms with Gasteiger partial charge in [0, 0.05) is 39.1 Å². The van der Waals surface area contributed by atoms with E-state index in [2.05, 4.69) is 34.9 Å². The zero-order valence-electron chi connectivity index (χ0n) is 28.7. The molecule has 7 heteroatoms. The molecule has 2 aromatic heterocycles. The van der Waals surface area contributed by atoms with Crippen molar-refractivity contribution in [1.29, 1.82) is 0 Å². The van der Waals surface area contributed by atoms with Crippen LogP contribution >= 0.6 is 0 Å². The number of aromatic nitrogens is 3. The molecule has 1 spiro atoms. The molecule has 2 aliphatic heterocycles. The lowest BCUT2D eigenvalue weighted by atomic mass is 9.63. The van der Waals surface area contributed by atoms with E-state index >= 15 is 8.42 Å². The van der Waals surface area contributed by atoms with E-state index in [0.717, 1.165) is 49.8 Å². The number of benzene rings is 7. The lowest BCUT2D eigenvalue weighted by molar-refractivity contribution is 0.429. The molecule has 0 atom stereocenters. The van der Waals surface area contributed by atoms with E-state index in [1.54, 1.807) is 12.1 Å². The van der Waals surface area contributed by atoms with Crippen molar-refractivity contribution in [2.45, 2.75) is 15.2 Å². The highest BCUT2D eigenvalue weighted by atomic mass is 32.2. The number of nitrogens with zero attached hydrogens (tertiary/aromatic N) is 3. The van der Waals surface area contributed by atoms with Gasteiger partial charge in [-0.15, -0.1) is 0 Å². The third-order valence-corrected chi connectivity index (χ3v) is 12.7. The van der Waals surface area contributed by atoms with Gasteiger partial charge < -0.3 is 4.74 Å². The summed E-state index contributed by atoms with van der Waals surface area (Å²) in [7, 11) is -4.00. The Morgan fingerprint density at radius 1 is 0.481 bits per heavy atom. The highest BCUT2D eigenvalue weighted by Crippen LogP contribution is 2.60. The molecule has 0 saturated heterocycles. The molecule has 0 saturated carbocycles. The molecule has 7 aromatic carbocycles. The fourth-order valence-electron chi connectivity index (χ4n) is 8.63. The van der Waals surface area contributed by atoms with Crippen LogP contribution in [0.25, 0.3) is 50.3 Å². The van der Waals surface area contributed by atoms with E-state index in [1.165, 1.54) is 0 Å². The van der Waals surface area contributed by atoms with Gasteiger partial charge in [-0.3, -0.25) is 4.57 Å². The summed E-state index contributed by atoms with van der Waals surface area (Å²) < 4.78 is 38.7. The second-order valence-electron chi connectivity index (χ2n) is 13.7. The average Bonchev–Trinajstić information content (AvgIpc) is 3.56. The quantitative estimate of drug-likeness (QED) is 0.182. The van der Waals surface area contributed by atoms with Crippen molar-refractivity contribution >= 4 is 31.6 Å². The lowest BCUT2D eigenvalue weighted by Crippen LogP contribution is -2.39. The Balaban J connectivity index is 1.29. The second-order valence-corrected chi connectivity index (χ2v) is 15.6. The van der Waals surface area contributed by atoms with Crippen LogP contribution in [-0.2, 0) is 15.3 Å². The van der Waals surface area contributed by atoms with Crippen molar-refractivity contribution in [2.75, 3.05) is 0 Å². The third kappa shape index (κ3) is 4.18. The van der Waals surface area contributed by atoms with Crippen LogP contribution in [-0.4, -0.2) is 23.0 Å². The fraction of sp³-hybridized carbons (Fsp3) is 0.0213. The molecule has 0 bridgehead atoms. The normalized spacial score (nSPS) is 14.5. The number of hydrogen-bond donors (Lipinski definition) is 0. The molecular weight excluding hydrogens is 687 g/mol. The van der Waals surface area contributed by atoms with Crippen molar-refractivity contribution in [3.63, 3.8) is 0 Å². The SMILES string of the molecule is O=S1(=O)c2ccccc2C2(c3ccccc3Oc3ccccc32)c2cc3c4ccccc4n(-c4cc(-c5ccccc5)nc(-c5ccccc5)n4)c3cc21. The standard InChI is InChI=1S/C47H29N3O3S/c51-54(52)43-26-14-10-22-36(43)47(34-20-8-12-24-41(34)53-42-25-13-9-21-35(42)47)37-27-33-32-19-7-11-23-39(32)50(40(33)29-44(37)54)45-28-38(30-15-3-1-4-16-30)48-46(49-45)31-17-5-2-6-18-31/h1-29H. The summed E-state index contributed by atoms with van der Waals surface area (Å²) >= 11 is 0. The van der Waals surface area contributed by atoms with Crippen LogP contribution in [0, 0.1) is 0 Å². The van der Waals surface area contributed by atoms with Gasteiger partial charge in [0.25, 0.3) is 0 Å². The Labute approximate surface area is 311 Å². The number of rotatable bonds is 3. The molecule has 11 rings (SSSR count). The van der Waals surface area contributed by atoms with Crippen molar-refractivity contribution in [2.24, 2.45) is 0 Å². The van der Waals surface area contributed by atoms with Gasteiger partial charge in [0.05, 0.1) is 31.9 Å². The molecule has 256 valence electrons. The van der Waals surface area contributed by atoms with Crippen molar-refractivity contribution in [3.8, 4) is 40.0 Å². The van der Waals surface area contributed by atoms with Gasteiger partial charge in [0.2, 0.25) is 9.84 Å². The number of ether oxygens (including phenoxy) is 1. The molecule has 0 N–H and O–H groups in total. The Kier molecular flexibility index (Phi) is 6.46. The van der Waals surface area contributed by atoms with E-state index in [-0.39, 0.29) is 9.79 Å². The summed E-state index contributed by atoms with van der Waals surface area (Å²) in [6, 6.07) is 57.5. The molecule has 6 nitrogen and oxygen atoms in total. The molecule has 2 aliphatic rings. The first-order chi connectivity index (χ1) is 26.5. The molecular formula is C47H29N3O3S. The molecule has 4 heterocycles. The predicted octanol–water partition coefficient (Wildman–Crippen LogP) is 10.5. The number of sulfone groups is 1. The fourth-order valence-corrected chi connectivity index (χ4v) is 10.4. The molecule has 0 amide bonds. The summed E-state index contributed by atoms with van der Waals surface area (Å²) in [5.74, 6) is 2.61. The lowest BCUT2D eigenvalue weighted by Gasteiger charge is -2.45. The maximum absolute atomic E-state index is 15.1. The Bertz CT molecular complexity index is 3000. The minimum Gasteiger partial charge on any atom is -0.457 e. The first kappa shape index (κ1) is 30.8. The monoisotopic (exact) mass is 715 g/mol. The first-order valence-electron chi connectivity index (χ1n) is 17.8. The van der Waals surface area contributed by atoms with E-state index in [0.29, 0.717) is 34.3 Å². The maximum Gasteiger partial charge on any atom is 0.207 e. The average molecular weight is 716 g/mol. The number of hydrogen-bond acceptors (Lipinski definition) is 5. The highest BCUT2D eigenvalue weighted by Gasteiger charge is 2.53. The van der Waals surface area contributed by atoms with Crippen LogP contribution in [0.4, 0.5) is 0 Å². The number of fused-ring (bicyclic) bond motifs is 11. The van der Waals surface area contributed by atoms with Gasteiger partial charge in [-0.05, 0) is 47.5 Å². The minimum atomic E-state index is -4.00. The van der Waals surface area contributed by atoms with Gasteiger partial charge in [0.1, 0.15) is 17.3 Å². The van der Waals surface area contributed by atoms with Gasteiger partial charge in [-0.25, -0.2) is 18.4 Å². The Morgan fingerprint density at radius 2 is 1.07 bits per heavy atom. The summed E-state index contributed by atoms with van der Waals surface area (Å²) in [5, 5.41) is 1.90.